The van der Waals surface area contributed by atoms with Crippen molar-refractivity contribution in [3.63, 3.8) is 0 Å². The van der Waals surface area contributed by atoms with Gasteiger partial charge in [-0.15, -0.1) is 0 Å². The zero-order chi connectivity index (χ0) is 15.9. The minimum atomic E-state index is -3.60. The van der Waals surface area contributed by atoms with Crippen LogP contribution in [0, 0.1) is 5.92 Å². The first kappa shape index (κ1) is 18.2. The van der Waals surface area contributed by atoms with Gasteiger partial charge in [-0.05, 0) is 25.0 Å². The molecular formula is C14H26N2O4S. The average Bonchev–Trinajstić information content (AvgIpc) is 2.92. The fourth-order valence-electron chi connectivity index (χ4n) is 1.76. The van der Waals surface area contributed by atoms with Gasteiger partial charge in [0.2, 0.25) is 5.09 Å². The number of hydrogen-bond donors (Lipinski definition) is 2. The van der Waals surface area contributed by atoms with E-state index in [1.165, 1.54) is 6.07 Å². The van der Waals surface area contributed by atoms with Crippen molar-refractivity contribution in [2.24, 2.45) is 5.92 Å². The van der Waals surface area contributed by atoms with Crippen molar-refractivity contribution in [2.45, 2.75) is 44.9 Å². The molecule has 0 aliphatic rings. The average molecular weight is 318 g/mol. The fraction of sp³-hybridized carbons (Fsp3) is 0.714. The molecule has 0 fully saturated rings. The van der Waals surface area contributed by atoms with Crippen molar-refractivity contribution in [3.05, 3.63) is 17.9 Å². The molecule has 0 saturated heterocycles. The monoisotopic (exact) mass is 318 g/mol. The number of sulfonamides is 1. The molecule has 2 atom stereocenters. The molecule has 0 saturated carbocycles. The van der Waals surface area contributed by atoms with Crippen molar-refractivity contribution in [1.82, 2.24) is 10.0 Å². The number of rotatable bonds is 10. The van der Waals surface area contributed by atoms with Crippen LogP contribution in [-0.4, -0.2) is 34.7 Å². The molecule has 0 spiro atoms. The third kappa shape index (κ3) is 5.78. The van der Waals surface area contributed by atoms with Crippen LogP contribution in [-0.2, 0) is 21.3 Å². The highest BCUT2D eigenvalue weighted by molar-refractivity contribution is 7.89. The summed E-state index contributed by atoms with van der Waals surface area (Å²) in [6, 6.07) is 3.02. The van der Waals surface area contributed by atoms with E-state index in [-0.39, 0.29) is 17.1 Å². The lowest BCUT2D eigenvalue weighted by Crippen LogP contribution is -2.36. The maximum atomic E-state index is 12.2. The summed E-state index contributed by atoms with van der Waals surface area (Å²) in [4.78, 5) is 0. The minimum absolute atomic E-state index is 0.0406. The highest BCUT2D eigenvalue weighted by atomic mass is 32.2. The van der Waals surface area contributed by atoms with Gasteiger partial charge in [0, 0.05) is 19.7 Å². The van der Waals surface area contributed by atoms with Gasteiger partial charge in [0.05, 0.1) is 13.2 Å². The van der Waals surface area contributed by atoms with E-state index >= 15 is 0 Å². The lowest BCUT2D eigenvalue weighted by molar-refractivity contribution is 0.198. The first-order valence-corrected chi connectivity index (χ1v) is 8.69. The van der Waals surface area contributed by atoms with Crippen molar-refractivity contribution in [3.8, 4) is 0 Å². The van der Waals surface area contributed by atoms with E-state index in [0.717, 1.165) is 6.42 Å². The number of nitrogens with one attached hydrogen (secondary N) is 2. The summed E-state index contributed by atoms with van der Waals surface area (Å²) in [5, 5.41) is 3.06. The normalized spacial score (nSPS) is 15.0. The van der Waals surface area contributed by atoms with Gasteiger partial charge >= 0.3 is 0 Å². The molecule has 1 rings (SSSR count). The van der Waals surface area contributed by atoms with Gasteiger partial charge < -0.3 is 14.5 Å². The molecule has 0 aromatic carbocycles. The predicted octanol–water partition coefficient (Wildman–Crippen LogP) is 1.73. The van der Waals surface area contributed by atoms with E-state index in [0.29, 0.717) is 25.5 Å². The van der Waals surface area contributed by atoms with E-state index < -0.39 is 10.0 Å². The van der Waals surface area contributed by atoms with Crippen LogP contribution in [0.2, 0.25) is 0 Å². The molecule has 2 unspecified atom stereocenters. The number of hydrogen-bond acceptors (Lipinski definition) is 5. The molecule has 1 aromatic heterocycles. The predicted molar refractivity (Wildman–Crippen MR) is 81.5 cm³/mol. The van der Waals surface area contributed by atoms with Gasteiger partial charge in [0.1, 0.15) is 5.76 Å². The van der Waals surface area contributed by atoms with Gasteiger partial charge in [0.15, 0.2) is 0 Å². The summed E-state index contributed by atoms with van der Waals surface area (Å²) < 4.78 is 37.4. The highest BCUT2D eigenvalue weighted by Gasteiger charge is 2.23. The van der Waals surface area contributed by atoms with Gasteiger partial charge in [0.25, 0.3) is 10.0 Å². The standard InChI is InChI=1S/C14H26N2O4S/c1-5-11(2)12(3)16-21(17,18)14-7-6-13(20-14)10-15-8-9-19-4/h6-7,11-12,15-16H,5,8-10H2,1-4H3. The minimum Gasteiger partial charge on any atom is -0.447 e. The first-order chi connectivity index (χ1) is 9.90. The summed E-state index contributed by atoms with van der Waals surface area (Å²) in [6.07, 6.45) is 0.913. The molecule has 0 bridgehead atoms. The molecule has 2 N–H and O–H groups in total. The molecule has 6 nitrogen and oxygen atoms in total. The molecule has 1 heterocycles. The molecule has 21 heavy (non-hydrogen) atoms. The molecular weight excluding hydrogens is 292 g/mol. The van der Waals surface area contributed by atoms with Crippen molar-refractivity contribution in [1.29, 1.82) is 0 Å². The van der Waals surface area contributed by atoms with Crippen LogP contribution in [0.1, 0.15) is 33.0 Å². The Balaban J connectivity index is 2.61. The third-order valence-corrected chi connectivity index (χ3v) is 4.95. The van der Waals surface area contributed by atoms with Gasteiger partial charge in [-0.2, -0.15) is 0 Å². The molecule has 7 heteroatoms. The van der Waals surface area contributed by atoms with Crippen LogP contribution in [0.15, 0.2) is 21.6 Å². The lowest BCUT2D eigenvalue weighted by Gasteiger charge is -2.18. The van der Waals surface area contributed by atoms with Crippen molar-refractivity contribution in [2.75, 3.05) is 20.3 Å². The summed E-state index contributed by atoms with van der Waals surface area (Å²) >= 11 is 0. The van der Waals surface area contributed by atoms with E-state index in [1.54, 1.807) is 13.2 Å². The largest absolute Gasteiger partial charge is 0.447 e. The maximum absolute atomic E-state index is 12.2. The number of ether oxygens (including phenoxy) is 1. The van der Waals surface area contributed by atoms with Gasteiger partial charge in [-0.3, -0.25) is 0 Å². The molecule has 122 valence electrons. The molecule has 1 aromatic rings. The van der Waals surface area contributed by atoms with Crippen LogP contribution in [0.4, 0.5) is 0 Å². The summed E-state index contributed by atoms with van der Waals surface area (Å²) in [5.74, 6) is 0.854. The van der Waals surface area contributed by atoms with Crippen molar-refractivity contribution >= 4 is 10.0 Å². The molecule has 0 aliphatic heterocycles. The van der Waals surface area contributed by atoms with Crippen molar-refractivity contribution < 1.29 is 17.6 Å². The zero-order valence-electron chi connectivity index (χ0n) is 13.2. The Labute approximate surface area is 127 Å². The second-order valence-corrected chi connectivity index (χ2v) is 6.83. The fourth-order valence-corrected chi connectivity index (χ4v) is 3.06. The molecule has 0 radical (unpaired) electrons. The zero-order valence-corrected chi connectivity index (χ0v) is 14.0. The lowest BCUT2D eigenvalue weighted by atomic mass is 10.0. The van der Waals surface area contributed by atoms with E-state index in [2.05, 4.69) is 10.0 Å². The highest BCUT2D eigenvalue weighted by Crippen LogP contribution is 2.16. The topological polar surface area (TPSA) is 80.6 Å². The summed E-state index contributed by atoms with van der Waals surface area (Å²) in [6.45, 7) is 7.66. The molecule has 0 amide bonds. The quantitative estimate of drug-likeness (QED) is 0.642. The smallest absolute Gasteiger partial charge is 0.274 e. The Hall–Kier alpha value is -0.890. The van der Waals surface area contributed by atoms with E-state index in [4.69, 9.17) is 9.15 Å². The number of methoxy groups -OCH3 is 1. The Kier molecular flexibility index (Phi) is 7.37. The van der Waals surface area contributed by atoms with Crippen LogP contribution < -0.4 is 10.0 Å². The second kappa shape index (κ2) is 8.53. The Morgan fingerprint density at radius 3 is 2.67 bits per heavy atom. The van der Waals surface area contributed by atoms with E-state index in [9.17, 15) is 8.42 Å². The van der Waals surface area contributed by atoms with Gasteiger partial charge in [-0.1, -0.05) is 20.3 Å². The van der Waals surface area contributed by atoms with Crippen LogP contribution >= 0.6 is 0 Å². The third-order valence-electron chi connectivity index (χ3n) is 3.52. The van der Waals surface area contributed by atoms with E-state index in [1.807, 2.05) is 20.8 Å². The van der Waals surface area contributed by atoms with Crippen LogP contribution in [0.3, 0.4) is 0 Å². The Morgan fingerprint density at radius 2 is 2.05 bits per heavy atom. The Bertz CT molecular complexity index is 513. The molecule has 0 aliphatic carbocycles. The second-order valence-electron chi connectivity index (χ2n) is 5.19. The van der Waals surface area contributed by atoms with Gasteiger partial charge in [-0.25, -0.2) is 13.1 Å². The summed E-state index contributed by atoms with van der Waals surface area (Å²) in [5.41, 5.74) is 0. The summed E-state index contributed by atoms with van der Waals surface area (Å²) in [7, 11) is -1.97. The maximum Gasteiger partial charge on any atom is 0.274 e. The number of furan rings is 1. The SMILES string of the molecule is CCC(C)C(C)NS(=O)(=O)c1ccc(CNCCOC)o1. The van der Waals surface area contributed by atoms with Crippen LogP contribution in [0.25, 0.3) is 0 Å². The first-order valence-electron chi connectivity index (χ1n) is 7.21. The Morgan fingerprint density at radius 1 is 1.33 bits per heavy atom. The van der Waals surface area contributed by atoms with Crippen LogP contribution in [0.5, 0.6) is 0 Å².